The molecule has 0 saturated carbocycles. The number of rotatable bonds is 3. The quantitative estimate of drug-likeness (QED) is 0.790. The van der Waals surface area contributed by atoms with Crippen molar-refractivity contribution in [1.29, 1.82) is 0 Å². The van der Waals surface area contributed by atoms with Crippen LogP contribution in [0.1, 0.15) is 29.2 Å². The monoisotopic (exact) mass is 379 g/mol. The lowest BCUT2D eigenvalue weighted by Crippen LogP contribution is -2.18. The zero-order chi connectivity index (χ0) is 13.2. The number of benzene rings is 2. The van der Waals surface area contributed by atoms with Gasteiger partial charge in [-0.1, -0.05) is 50.1 Å². The summed E-state index contributed by atoms with van der Waals surface area (Å²) >= 11 is 7.06. The Morgan fingerprint density at radius 3 is 2.74 bits per heavy atom. The average Bonchev–Trinajstić information content (AvgIpc) is 2.78. The Labute approximate surface area is 130 Å². The largest absolute Gasteiger partial charge is 0.306 e. The van der Waals surface area contributed by atoms with Crippen LogP contribution in [0.4, 0.5) is 0 Å². The van der Waals surface area contributed by atoms with Crippen LogP contribution in [-0.4, -0.2) is 0 Å². The lowest BCUT2D eigenvalue weighted by Gasteiger charge is -2.14. The van der Waals surface area contributed by atoms with Crippen LogP contribution in [0.15, 0.2) is 51.4 Å². The van der Waals surface area contributed by atoms with Crippen molar-refractivity contribution in [1.82, 2.24) is 5.32 Å². The molecule has 98 valence electrons. The van der Waals surface area contributed by atoms with Crippen LogP contribution in [0, 0.1) is 0 Å². The van der Waals surface area contributed by atoms with Crippen LogP contribution < -0.4 is 5.32 Å². The standard InChI is InChI=1S/C16H15Br2N/c17-13-3-1-2-11(8-13)10-19-16-7-4-12-9-14(18)5-6-15(12)16/h1-3,5-6,8-9,16,19H,4,7,10H2. The second-order valence-corrected chi connectivity index (χ2v) is 6.78. The Morgan fingerprint density at radius 1 is 1.05 bits per heavy atom. The van der Waals surface area contributed by atoms with Crippen molar-refractivity contribution in [3.05, 3.63) is 68.1 Å². The average molecular weight is 381 g/mol. The van der Waals surface area contributed by atoms with Crippen molar-refractivity contribution < 1.29 is 0 Å². The smallest absolute Gasteiger partial charge is 0.0329 e. The van der Waals surface area contributed by atoms with Gasteiger partial charge in [-0.15, -0.1) is 0 Å². The molecule has 3 heteroatoms. The fourth-order valence-electron chi connectivity index (χ4n) is 2.69. The molecule has 1 aliphatic carbocycles. The fraction of sp³-hybridized carbons (Fsp3) is 0.250. The topological polar surface area (TPSA) is 12.0 Å². The molecule has 3 rings (SSSR count). The molecule has 1 N–H and O–H groups in total. The van der Waals surface area contributed by atoms with Gasteiger partial charge in [0.15, 0.2) is 0 Å². The molecule has 0 spiro atoms. The van der Waals surface area contributed by atoms with E-state index in [-0.39, 0.29) is 0 Å². The molecule has 0 radical (unpaired) electrons. The Morgan fingerprint density at radius 2 is 1.89 bits per heavy atom. The van der Waals surface area contributed by atoms with Crippen molar-refractivity contribution >= 4 is 31.9 Å². The number of hydrogen-bond acceptors (Lipinski definition) is 1. The number of hydrogen-bond donors (Lipinski definition) is 1. The summed E-state index contributed by atoms with van der Waals surface area (Å²) < 4.78 is 2.32. The molecule has 0 heterocycles. The van der Waals surface area contributed by atoms with Crippen molar-refractivity contribution in [3.63, 3.8) is 0 Å². The van der Waals surface area contributed by atoms with E-state index in [0.29, 0.717) is 6.04 Å². The van der Waals surface area contributed by atoms with Crippen LogP contribution in [0.3, 0.4) is 0 Å². The van der Waals surface area contributed by atoms with E-state index in [2.05, 4.69) is 79.6 Å². The fourth-order valence-corrected chi connectivity index (χ4v) is 3.54. The summed E-state index contributed by atoms with van der Waals surface area (Å²) in [4.78, 5) is 0. The summed E-state index contributed by atoms with van der Waals surface area (Å²) in [6.07, 6.45) is 2.37. The molecule has 2 aromatic carbocycles. The maximum atomic E-state index is 3.66. The van der Waals surface area contributed by atoms with E-state index in [1.54, 1.807) is 0 Å². The van der Waals surface area contributed by atoms with E-state index in [4.69, 9.17) is 0 Å². The number of halogens is 2. The molecular formula is C16H15Br2N. The van der Waals surface area contributed by atoms with Crippen LogP contribution >= 0.6 is 31.9 Å². The molecule has 1 nitrogen and oxygen atoms in total. The van der Waals surface area contributed by atoms with E-state index >= 15 is 0 Å². The minimum absolute atomic E-state index is 0.488. The third kappa shape index (κ3) is 3.10. The third-order valence-corrected chi connectivity index (χ3v) is 4.61. The highest BCUT2D eigenvalue weighted by atomic mass is 79.9. The van der Waals surface area contributed by atoms with Crippen molar-refractivity contribution in [3.8, 4) is 0 Å². The van der Waals surface area contributed by atoms with Crippen molar-refractivity contribution in [2.75, 3.05) is 0 Å². The summed E-state index contributed by atoms with van der Waals surface area (Å²) in [5.74, 6) is 0. The first kappa shape index (κ1) is 13.3. The second kappa shape index (κ2) is 5.78. The zero-order valence-corrected chi connectivity index (χ0v) is 13.7. The van der Waals surface area contributed by atoms with Gasteiger partial charge in [0.25, 0.3) is 0 Å². The van der Waals surface area contributed by atoms with Crippen LogP contribution in [0.2, 0.25) is 0 Å². The Balaban J connectivity index is 1.70. The van der Waals surface area contributed by atoms with Gasteiger partial charge in [0, 0.05) is 21.5 Å². The predicted octanol–water partition coefficient (Wildman–Crippen LogP) is 4.99. The van der Waals surface area contributed by atoms with Crippen LogP contribution in [0.25, 0.3) is 0 Å². The van der Waals surface area contributed by atoms with E-state index in [9.17, 15) is 0 Å². The molecule has 1 unspecified atom stereocenters. The highest BCUT2D eigenvalue weighted by Crippen LogP contribution is 2.33. The molecule has 1 atom stereocenters. The summed E-state index contributed by atoms with van der Waals surface area (Å²) in [6.45, 7) is 0.916. The predicted molar refractivity (Wildman–Crippen MR) is 86.2 cm³/mol. The summed E-state index contributed by atoms with van der Waals surface area (Å²) in [5.41, 5.74) is 4.25. The second-order valence-electron chi connectivity index (χ2n) is 4.95. The van der Waals surface area contributed by atoms with Gasteiger partial charge in [0.1, 0.15) is 0 Å². The third-order valence-electron chi connectivity index (χ3n) is 3.62. The molecule has 0 amide bonds. The van der Waals surface area contributed by atoms with E-state index in [0.717, 1.165) is 11.0 Å². The van der Waals surface area contributed by atoms with Gasteiger partial charge in [-0.2, -0.15) is 0 Å². The minimum atomic E-state index is 0.488. The van der Waals surface area contributed by atoms with Gasteiger partial charge >= 0.3 is 0 Å². The van der Waals surface area contributed by atoms with Gasteiger partial charge in [0.2, 0.25) is 0 Å². The Bertz CT molecular complexity index is 595. The van der Waals surface area contributed by atoms with Gasteiger partial charge < -0.3 is 5.32 Å². The highest BCUT2D eigenvalue weighted by Gasteiger charge is 2.21. The lowest BCUT2D eigenvalue weighted by atomic mass is 10.1. The van der Waals surface area contributed by atoms with Crippen molar-refractivity contribution in [2.45, 2.75) is 25.4 Å². The minimum Gasteiger partial charge on any atom is -0.306 e. The number of nitrogens with one attached hydrogen (secondary N) is 1. The lowest BCUT2D eigenvalue weighted by molar-refractivity contribution is 0.530. The zero-order valence-electron chi connectivity index (χ0n) is 10.5. The Hall–Kier alpha value is -0.640. The first-order valence-electron chi connectivity index (χ1n) is 6.48. The number of fused-ring (bicyclic) bond motifs is 1. The summed E-state index contributed by atoms with van der Waals surface area (Å²) in [5, 5.41) is 3.66. The molecule has 1 aliphatic rings. The van der Waals surface area contributed by atoms with Gasteiger partial charge in [0.05, 0.1) is 0 Å². The van der Waals surface area contributed by atoms with Gasteiger partial charge in [-0.05, 0) is 53.8 Å². The van der Waals surface area contributed by atoms with Crippen molar-refractivity contribution in [2.24, 2.45) is 0 Å². The molecule has 0 aromatic heterocycles. The highest BCUT2D eigenvalue weighted by molar-refractivity contribution is 9.10. The van der Waals surface area contributed by atoms with E-state index in [1.165, 1.54) is 34.0 Å². The summed E-state index contributed by atoms with van der Waals surface area (Å²) in [7, 11) is 0. The molecule has 0 saturated heterocycles. The normalized spacial score (nSPS) is 17.5. The van der Waals surface area contributed by atoms with Crippen LogP contribution in [-0.2, 0) is 13.0 Å². The maximum absolute atomic E-state index is 3.66. The maximum Gasteiger partial charge on any atom is 0.0329 e. The Kier molecular flexibility index (Phi) is 4.06. The van der Waals surface area contributed by atoms with E-state index in [1.807, 2.05) is 0 Å². The van der Waals surface area contributed by atoms with E-state index < -0.39 is 0 Å². The molecule has 0 fully saturated rings. The summed E-state index contributed by atoms with van der Waals surface area (Å²) in [6, 6.07) is 15.6. The van der Waals surface area contributed by atoms with Crippen LogP contribution in [0.5, 0.6) is 0 Å². The first-order chi connectivity index (χ1) is 9.22. The number of aryl methyl sites for hydroxylation is 1. The van der Waals surface area contributed by atoms with Gasteiger partial charge in [-0.25, -0.2) is 0 Å². The molecule has 0 bridgehead atoms. The molecule has 0 aliphatic heterocycles. The van der Waals surface area contributed by atoms with Gasteiger partial charge in [-0.3, -0.25) is 0 Å². The molecular weight excluding hydrogens is 366 g/mol. The molecule has 2 aromatic rings. The SMILES string of the molecule is Brc1cccc(CNC2CCc3cc(Br)ccc32)c1. The molecule has 19 heavy (non-hydrogen) atoms. The first-order valence-corrected chi connectivity index (χ1v) is 8.07.